The average Bonchev–Trinajstić information content (AvgIpc) is 2.27. The predicted octanol–water partition coefficient (Wildman–Crippen LogP) is 3.37. The van der Waals surface area contributed by atoms with Crippen LogP contribution in [0, 0.1) is 5.82 Å². The summed E-state index contributed by atoms with van der Waals surface area (Å²) >= 11 is 5.83. The molecule has 2 rings (SSSR count). The van der Waals surface area contributed by atoms with Crippen LogP contribution in [-0.4, -0.2) is 4.21 Å². The molecule has 2 aromatic rings. The van der Waals surface area contributed by atoms with Gasteiger partial charge in [0.05, 0.1) is 16.6 Å². The summed E-state index contributed by atoms with van der Waals surface area (Å²) in [6, 6.07) is 11.0. The number of anilines is 1. The Bertz CT molecular complexity index is 583. The highest BCUT2D eigenvalue weighted by atomic mass is 35.5. The van der Waals surface area contributed by atoms with Gasteiger partial charge in [0.1, 0.15) is 5.82 Å². The van der Waals surface area contributed by atoms with Crippen molar-refractivity contribution >= 4 is 28.1 Å². The van der Waals surface area contributed by atoms with Crippen LogP contribution < -0.4 is 5.73 Å². The van der Waals surface area contributed by atoms with Crippen molar-refractivity contribution in [2.45, 2.75) is 10.6 Å². The van der Waals surface area contributed by atoms with Gasteiger partial charge in [0, 0.05) is 15.6 Å². The first-order valence-electron chi connectivity index (χ1n) is 5.23. The minimum Gasteiger partial charge on any atom is -0.399 e. The van der Waals surface area contributed by atoms with Gasteiger partial charge in [-0.05, 0) is 42.0 Å². The van der Waals surface area contributed by atoms with Crippen LogP contribution in [0.3, 0.4) is 0 Å². The number of benzene rings is 2. The average molecular weight is 284 g/mol. The standard InChI is InChI=1S/C13H11ClFNOS/c14-10-2-1-3-13(6-10)18(17)8-9-4-11(15)7-12(16)5-9/h1-7H,8,16H2. The van der Waals surface area contributed by atoms with Crippen molar-refractivity contribution in [3.63, 3.8) is 0 Å². The smallest absolute Gasteiger partial charge is 0.125 e. The summed E-state index contributed by atoms with van der Waals surface area (Å²) in [5.41, 5.74) is 6.47. The molecule has 0 aliphatic rings. The summed E-state index contributed by atoms with van der Waals surface area (Å²) in [5.74, 6) is -0.212. The van der Waals surface area contributed by atoms with Gasteiger partial charge in [-0.2, -0.15) is 0 Å². The van der Waals surface area contributed by atoms with E-state index < -0.39 is 16.6 Å². The molecule has 94 valence electrons. The Labute approximate surface area is 112 Å². The van der Waals surface area contributed by atoms with Crippen molar-refractivity contribution in [2.24, 2.45) is 0 Å². The fourth-order valence-corrected chi connectivity index (χ4v) is 2.98. The first-order chi connectivity index (χ1) is 8.54. The summed E-state index contributed by atoms with van der Waals surface area (Å²) < 4.78 is 25.2. The maximum atomic E-state index is 13.1. The topological polar surface area (TPSA) is 43.1 Å². The van der Waals surface area contributed by atoms with E-state index in [0.717, 1.165) is 0 Å². The molecule has 0 saturated carbocycles. The lowest BCUT2D eigenvalue weighted by molar-refractivity contribution is 0.627. The van der Waals surface area contributed by atoms with Crippen LogP contribution in [0.5, 0.6) is 0 Å². The number of hydrogen-bond donors (Lipinski definition) is 1. The fraction of sp³-hybridized carbons (Fsp3) is 0.0769. The fourth-order valence-electron chi connectivity index (χ4n) is 1.60. The lowest BCUT2D eigenvalue weighted by atomic mass is 10.2. The van der Waals surface area contributed by atoms with Gasteiger partial charge in [-0.15, -0.1) is 0 Å². The highest BCUT2D eigenvalue weighted by Crippen LogP contribution is 2.18. The number of halogens is 2. The predicted molar refractivity (Wildman–Crippen MR) is 72.4 cm³/mol. The first-order valence-corrected chi connectivity index (χ1v) is 6.93. The molecule has 2 aromatic carbocycles. The zero-order valence-corrected chi connectivity index (χ0v) is 11.0. The molecule has 0 saturated heterocycles. The second-order valence-corrected chi connectivity index (χ2v) is 5.73. The second-order valence-electron chi connectivity index (χ2n) is 3.84. The molecule has 0 aliphatic carbocycles. The van der Waals surface area contributed by atoms with Gasteiger partial charge in [-0.3, -0.25) is 4.21 Å². The van der Waals surface area contributed by atoms with Crippen molar-refractivity contribution in [3.8, 4) is 0 Å². The maximum absolute atomic E-state index is 13.1. The Morgan fingerprint density at radius 3 is 2.67 bits per heavy atom. The number of nitrogen functional groups attached to an aromatic ring is 1. The molecule has 5 heteroatoms. The van der Waals surface area contributed by atoms with Crippen LogP contribution in [-0.2, 0) is 16.6 Å². The molecule has 0 radical (unpaired) electrons. The minimum absolute atomic E-state index is 0.211. The maximum Gasteiger partial charge on any atom is 0.125 e. The van der Waals surface area contributed by atoms with Crippen molar-refractivity contribution in [1.29, 1.82) is 0 Å². The largest absolute Gasteiger partial charge is 0.399 e. The molecule has 0 bridgehead atoms. The molecule has 1 atom stereocenters. The lowest BCUT2D eigenvalue weighted by Crippen LogP contribution is -1.98. The molecule has 18 heavy (non-hydrogen) atoms. The van der Waals surface area contributed by atoms with E-state index in [1.54, 1.807) is 30.3 Å². The normalized spacial score (nSPS) is 12.3. The second kappa shape index (κ2) is 5.50. The van der Waals surface area contributed by atoms with Crippen molar-refractivity contribution in [3.05, 3.63) is 58.9 Å². The van der Waals surface area contributed by atoms with Gasteiger partial charge in [0.2, 0.25) is 0 Å². The summed E-state index contributed by atoms with van der Waals surface area (Å²) in [6.07, 6.45) is 0. The Morgan fingerprint density at radius 2 is 2.00 bits per heavy atom. The Morgan fingerprint density at radius 1 is 1.22 bits per heavy atom. The van der Waals surface area contributed by atoms with Crippen LogP contribution in [0.4, 0.5) is 10.1 Å². The van der Waals surface area contributed by atoms with Gasteiger partial charge in [0.25, 0.3) is 0 Å². The third kappa shape index (κ3) is 3.31. The third-order valence-electron chi connectivity index (χ3n) is 2.34. The molecule has 0 aliphatic heterocycles. The van der Waals surface area contributed by atoms with Gasteiger partial charge in [0.15, 0.2) is 0 Å². The number of rotatable bonds is 3. The van der Waals surface area contributed by atoms with Gasteiger partial charge in [-0.1, -0.05) is 17.7 Å². The molecule has 0 aromatic heterocycles. The van der Waals surface area contributed by atoms with Crippen molar-refractivity contribution in [1.82, 2.24) is 0 Å². The minimum atomic E-state index is -1.27. The number of nitrogens with two attached hydrogens (primary N) is 1. The highest BCUT2D eigenvalue weighted by Gasteiger charge is 2.07. The SMILES string of the molecule is Nc1cc(F)cc(CS(=O)c2cccc(Cl)c2)c1. The van der Waals surface area contributed by atoms with E-state index in [4.69, 9.17) is 17.3 Å². The monoisotopic (exact) mass is 283 g/mol. The van der Waals surface area contributed by atoms with Gasteiger partial charge >= 0.3 is 0 Å². The van der Waals surface area contributed by atoms with Crippen LogP contribution >= 0.6 is 11.6 Å². The zero-order valence-electron chi connectivity index (χ0n) is 9.40. The van der Waals surface area contributed by atoms with Crippen molar-refractivity contribution in [2.75, 3.05) is 5.73 Å². The van der Waals surface area contributed by atoms with Gasteiger partial charge < -0.3 is 5.73 Å². The van der Waals surface area contributed by atoms with E-state index in [1.807, 2.05) is 0 Å². The summed E-state index contributed by atoms with van der Waals surface area (Å²) in [6.45, 7) is 0. The lowest BCUT2D eigenvalue weighted by Gasteiger charge is -2.04. The molecule has 2 nitrogen and oxygen atoms in total. The van der Waals surface area contributed by atoms with E-state index in [-0.39, 0.29) is 5.75 Å². The Balaban J connectivity index is 2.21. The molecular weight excluding hydrogens is 273 g/mol. The first kappa shape index (κ1) is 13.1. The zero-order chi connectivity index (χ0) is 13.1. The van der Waals surface area contributed by atoms with Gasteiger partial charge in [-0.25, -0.2) is 4.39 Å². The van der Waals surface area contributed by atoms with Crippen molar-refractivity contribution < 1.29 is 8.60 Å². The summed E-state index contributed by atoms with van der Waals surface area (Å²) in [7, 11) is -1.27. The summed E-state index contributed by atoms with van der Waals surface area (Å²) in [4.78, 5) is 0.616. The molecule has 1 unspecified atom stereocenters. The molecule has 0 heterocycles. The van der Waals surface area contributed by atoms with E-state index >= 15 is 0 Å². The molecule has 0 amide bonds. The summed E-state index contributed by atoms with van der Waals surface area (Å²) in [5, 5.41) is 0.527. The van der Waals surface area contributed by atoms with Crippen LogP contribution in [0.15, 0.2) is 47.4 Å². The van der Waals surface area contributed by atoms with E-state index in [0.29, 0.717) is 21.2 Å². The highest BCUT2D eigenvalue weighted by molar-refractivity contribution is 7.84. The van der Waals surface area contributed by atoms with Crippen LogP contribution in [0.1, 0.15) is 5.56 Å². The molecular formula is C13H11ClFNOS. The molecule has 0 fully saturated rings. The quantitative estimate of drug-likeness (QED) is 0.878. The van der Waals surface area contributed by atoms with E-state index in [9.17, 15) is 8.60 Å². The molecule has 2 N–H and O–H groups in total. The van der Waals surface area contributed by atoms with E-state index in [2.05, 4.69) is 0 Å². The third-order valence-corrected chi connectivity index (χ3v) is 3.95. The Kier molecular flexibility index (Phi) is 3.99. The van der Waals surface area contributed by atoms with Crippen LogP contribution in [0.25, 0.3) is 0 Å². The molecule has 0 spiro atoms. The Hall–Kier alpha value is -1.39. The number of hydrogen-bond acceptors (Lipinski definition) is 2. The van der Waals surface area contributed by atoms with E-state index in [1.165, 1.54) is 12.1 Å². The van der Waals surface area contributed by atoms with Crippen LogP contribution in [0.2, 0.25) is 5.02 Å².